The molecular formula is C69H64ClN3OS. The van der Waals surface area contributed by atoms with E-state index in [1.165, 1.54) is 27.0 Å². The number of para-hydroxylation sites is 2. The summed E-state index contributed by atoms with van der Waals surface area (Å²) in [6, 6.07) is 72.5. The van der Waals surface area contributed by atoms with Crippen LogP contribution in [0.2, 0.25) is 5.02 Å². The van der Waals surface area contributed by atoms with Gasteiger partial charge >= 0.3 is 0 Å². The van der Waals surface area contributed by atoms with Crippen LogP contribution in [-0.4, -0.2) is 0 Å². The molecule has 2 aromatic heterocycles. The van der Waals surface area contributed by atoms with Crippen LogP contribution in [0.4, 0.5) is 51.2 Å². The summed E-state index contributed by atoms with van der Waals surface area (Å²) in [4.78, 5) is 7.02. The number of furan rings is 1. The molecule has 9 aromatic carbocycles. The van der Waals surface area contributed by atoms with Crippen LogP contribution in [0, 0.1) is 6.92 Å². The zero-order chi connectivity index (χ0) is 52.4. The highest BCUT2D eigenvalue weighted by molar-refractivity contribution is 7.17. The van der Waals surface area contributed by atoms with Crippen LogP contribution in [0.3, 0.4) is 0 Å². The molecule has 374 valence electrons. The largest absolute Gasteiger partial charge is 0.454 e. The van der Waals surface area contributed by atoms with Gasteiger partial charge in [-0.1, -0.05) is 183 Å². The number of halogens is 1. The van der Waals surface area contributed by atoms with Crippen molar-refractivity contribution in [2.75, 3.05) is 14.7 Å². The van der Waals surface area contributed by atoms with Gasteiger partial charge in [0.15, 0.2) is 5.58 Å². The highest BCUT2D eigenvalue weighted by Gasteiger charge is 2.29. The number of nitrogens with zero attached hydrogens (tertiary/aromatic N) is 3. The molecule has 0 aliphatic heterocycles. The normalized spacial score (nSPS) is 12.2. The first-order chi connectivity index (χ1) is 35.9. The van der Waals surface area contributed by atoms with E-state index in [4.69, 9.17) is 16.0 Å². The predicted octanol–water partition coefficient (Wildman–Crippen LogP) is 21.7. The number of fused-ring (bicyclic) bond motifs is 4. The maximum absolute atomic E-state index is 8.23. The molecule has 6 heteroatoms. The molecule has 75 heavy (non-hydrogen) atoms. The molecule has 0 atom stereocenters. The van der Waals surface area contributed by atoms with Crippen molar-refractivity contribution < 1.29 is 4.42 Å². The van der Waals surface area contributed by atoms with Gasteiger partial charge < -0.3 is 19.1 Å². The minimum Gasteiger partial charge on any atom is -0.454 e. The van der Waals surface area contributed by atoms with Crippen molar-refractivity contribution in [3.8, 4) is 11.1 Å². The first kappa shape index (κ1) is 49.6. The molecule has 0 fully saturated rings. The van der Waals surface area contributed by atoms with Gasteiger partial charge in [0, 0.05) is 54.7 Å². The molecule has 4 nitrogen and oxygen atoms in total. The number of hydrogen-bond acceptors (Lipinski definition) is 5. The predicted molar refractivity (Wildman–Crippen MR) is 324 cm³/mol. The van der Waals surface area contributed by atoms with E-state index in [1.54, 1.807) is 11.3 Å². The van der Waals surface area contributed by atoms with Crippen LogP contribution in [0.5, 0.6) is 0 Å². The Bertz CT molecular complexity index is 3790. The third-order valence-electron chi connectivity index (χ3n) is 14.5. The number of anilines is 9. The lowest BCUT2D eigenvalue weighted by Crippen LogP contribution is -2.16. The lowest BCUT2D eigenvalue weighted by Gasteiger charge is -2.33. The van der Waals surface area contributed by atoms with Crippen molar-refractivity contribution in [2.45, 2.75) is 85.5 Å². The monoisotopic (exact) mass is 1020 g/mol. The van der Waals surface area contributed by atoms with Crippen LogP contribution in [-0.2, 0) is 16.2 Å². The average molecular weight is 1020 g/mol. The van der Waals surface area contributed by atoms with Crippen molar-refractivity contribution in [3.63, 3.8) is 0 Å². The van der Waals surface area contributed by atoms with Crippen LogP contribution < -0.4 is 14.7 Å². The van der Waals surface area contributed by atoms with E-state index in [2.05, 4.69) is 277 Å². The van der Waals surface area contributed by atoms with Crippen molar-refractivity contribution >= 4 is 106 Å². The van der Waals surface area contributed by atoms with E-state index in [9.17, 15) is 0 Å². The Morgan fingerprint density at radius 1 is 0.387 bits per heavy atom. The SMILES string of the molecule is Cc1cc(N(c2ccc(C(C)(C)C)cc2)c2csc3ccc(-c4ccccc4)cc23)c(Cl)c(N(c2cccc(N(c3ccc(C(C)(C)C)cc3)c3ccc(C(C)(C)C)cc3)c2)c2cccc3c2oc2ccccc23)c1. The van der Waals surface area contributed by atoms with Gasteiger partial charge in [-0.25, -0.2) is 0 Å². The summed E-state index contributed by atoms with van der Waals surface area (Å²) >= 11 is 9.98. The molecule has 0 N–H and O–H groups in total. The van der Waals surface area contributed by atoms with Gasteiger partial charge in [-0.15, -0.1) is 11.3 Å². The lowest BCUT2D eigenvalue weighted by molar-refractivity contribution is 0.590. The van der Waals surface area contributed by atoms with Gasteiger partial charge in [-0.3, -0.25) is 0 Å². The molecule has 11 rings (SSSR count). The summed E-state index contributed by atoms with van der Waals surface area (Å²) in [5, 5.41) is 6.13. The molecule has 0 spiro atoms. The first-order valence-corrected chi connectivity index (χ1v) is 27.3. The van der Waals surface area contributed by atoms with Crippen molar-refractivity contribution in [1.29, 1.82) is 0 Å². The van der Waals surface area contributed by atoms with Crippen molar-refractivity contribution in [1.82, 2.24) is 0 Å². The van der Waals surface area contributed by atoms with Crippen LogP contribution >= 0.6 is 22.9 Å². The minimum atomic E-state index is -0.0226. The maximum atomic E-state index is 8.23. The van der Waals surface area contributed by atoms with E-state index < -0.39 is 0 Å². The van der Waals surface area contributed by atoms with Crippen LogP contribution in [0.15, 0.2) is 210 Å². The Morgan fingerprint density at radius 2 is 0.880 bits per heavy atom. The fourth-order valence-electron chi connectivity index (χ4n) is 10.3. The summed E-state index contributed by atoms with van der Waals surface area (Å²) in [6.07, 6.45) is 0. The second-order valence-corrected chi connectivity index (χ2v) is 24.3. The highest BCUT2D eigenvalue weighted by atomic mass is 35.5. The molecule has 0 radical (unpaired) electrons. The van der Waals surface area contributed by atoms with Crippen molar-refractivity contribution in [2.24, 2.45) is 0 Å². The van der Waals surface area contributed by atoms with E-state index >= 15 is 0 Å². The smallest absolute Gasteiger partial charge is 0.159 e. The quantitative estimate of drug-likeness (QED) is 0.136. The van der Waals surface area contributed by atoms with Gasteiger partial charge in [0.2, 0.25) is 0 Å². The Balaban J connectivity index is 1.15. The number of aryl methyl sites for hydroxylation is 1. The molecule has 0 aliphatic rings. The van der Waals surface area contributed by atoms with E-state index in [-0.39, 0.29) is 16.2 Å². The standard InChI is InChI=1S/C69H64ClN3OS/c1-45-40-60(72(53-37-31-50(32-38-53)69(8,9)10)62-44-75-64-39-26-47(42-58(62)64)46-18-12-11-13-19-46)65(70)61(41-45)73(59-24-17-23-57-56-22-14-15-25-63(56)74-66(57)59)55-21-16-20-54(43-55)71(51-33-27-48(28-34-51)67(2,3)4)52-35-29-49(30-36-52)68(5,6)7/h11-44H,1-10H3. The molecule has 0 unspecified atom stereocenters. The summed E-state index contributed by atoms with van der Waals surface area (Å²) in [6.45, 7) is 22.5. The number of thiophene rings is 1. The van der Waals surface area contributed by atoms with E-state index in [1.807, 2.05) is 12.1 Å². The number of hydrogen-bond donors (Lipinski definition) is 0. The van der Waals surface area contributed by atoms with Gasteiger partial charge in [0.05, 0.1) is 27.8 Å². The number of rotatable bonds is 10. The Labute approximate surface area is 452 Å². The lowest BCUT2D eigenvalue weighted by atomic mass is 9.86. The second-order valence-electron chi connectivity index (χ2n) is 23.0. The van der Waals surface area contributed by atoms with Gasteiger partial charge in [-0.2, -0.15) is 0 Å². The Kier molecular flexibility index (Phi) is 12.8. The Morgan fingerprint density at radius 3 is 1.45 bits per heavy atom. The van der Waals surface area contributed by atoms with Gasteiger partial charge in [0.1, 0.15) is 5.58 Å². The molecule has 0 bridgehead atoms. The molecule has 11 aromatic rings. The maximum Gasteiger partial charge on any atom is 0.159 e. The zero-order valence-electron chi connectivity index (χ0n) is 44.7. The summed E-state index contributed by atoms with van der Waals surface area (Å²) in [5.74, 6) is 0. The number of benzene rings is 9. The molecule has 0 amide bonds. The third kappa shape index (κ3) is 9.61. The summed E-state index contributed by atoms with van der Waals surface area (Å²) in [5.41, 5.74) is 17.6. The summed E-state index contributed by atoms with van der Waals surface area (Å²) < 4.78 is 8.11. The van der Waals surface area contributed by atoms with Crippen LogP contribution in [0.25, 0.3) is 43.2 Å². The minimum absolute atomic E-state index is 0.00876. The average Bonchev–Trinajstić information content (AvgIpc) is 4.02. The fourth-order valence-corrected chi connectivity index (χ4v) is 11.5. The molecule has 0 aliphatic carbocycles. The molecule has 0 saturated heterocycles. The zero-order valence-corrected chi connectivity index (χ0v) is 46.2. The molecule has 2 heterocycles. The van der Waals surface area contributed by atoms with Gasteiger partial charge in [-0.05, 0) is 148 Å². The fraction of sp³-hybridized carbons (Fsp3) is 0.188. The molecule has 0 saturated carbocycles. The highest BCUT2D eigenvalue weighted by Crippen LogP contribution is 2.52. The van der Waals surface area contributed by atoms with Gasteiger partial charge in [0.25, 0.3) is 0 Å². The van der Waals surface area contributed by atoms with E-state index in [0.717, 1.165) is 89.6 Å². The second kappa shape index (κ2) is 19.3. The summed E-state index contributed by atoms with van der Waals surface area (Å²) in [7, 11) is 0. The topological polar surface area (TPSA) is 22.9 Å². The van der Waals surface area contributed by atoms with Crippen molar-refractivity contribution in [3.05, 3.63) is 233 Å². The van der Waals surface area contributed by atoms with Crippen LogP contribution in [0.1, 0.15) is 84.6 Å². The Hall–Kier alpha value is -7.57. The van der Waals surface area contributed by atoms with E-state index in [0.29, 0.717) is 5.02 Å². The molecular weight excluding hydrogens is 954 g/mol. The first-order valence-electron chi connectivity index (χ1n) is 26.0. The third-order valence-corrected chi connectivity index (χ3v) is 15.8.